The first-order chi connectivity index (χ1) is 10.9. The summed E-state index contributed by atoms with van der Waals surface area (Å²) < 4.78 is 34.7. The van der Waals surface area contributed by atoms with E-state index >= 15 is 0 Å². The van der Waals surface area contributed by atoms with E-state index in [-0.39, 0.29) is 12.2 Å². The van der Waals surface area contributed by atoms with Gasteiger partial charge in [-0.1, -0.05) is 13.8 Å². The van der Waals surface area contributed by atoms with Crippen LogP contribution in [0.3, 0.4) is 0 Å². The molecule has 2 aliphatic heterocycles. The van der Waals surface area contributed by atoms with Crippen molar-refractivity contribution < 1.29 is 13.2 Å². The third-order valence-corrected chi connectivity index (χ3v) is 6.99. The summed E-state index contributed by atoms with van der Waals surface area (Å²) in [4.78, 5) is 2.43. The molecule has 7 heteroatoms. The summed E-state index contributed by atoms with van der Waals surface area (Å²) >= 11 is 0. The van der Waals surface area contributed by atoms with Crippen molar-refractivity contribution in [1.82, 2.24) is 13.5 Å². The van der Waals surface area contributed by atoms with Crippen LogP contribution in [0.5, 0.6) is 0 Å². The van der Waals surface area contributed by atoms with E-state index < -0.39 is 10.2 Å². The number of nitrogens with zero attached hydrogens (tertiary/aromatic N) is 3. The number of rotatable bonds is 6. The number of morpholine rings is 1. The minimum absolute atomic E-state index is 0.0336. The summed E-state index contributed by atoms with van der Waals surface area (Å²) in [6.07, 6.45) is 1.86. The molecule has 2 atom stereocenters. The van der Waals surface area contributed by atoms with E-state index in [1.807, 2.05) is 13.8 Å². The largest absolute Gasteiger partial charge is 0.373 e. The van der Waals surface area contributed by atoms with Crippen LogP contribution in [-0.4, -0.2) is 79.9 Å². The van der Waals surface area contributed by atoms with Gasteiger partial charge < -0.3 is 9.64 Å². The zero-order valence-corrected chi connectivity index (χ0v) is 15.9. The quantitative estimate of drug-likeness (QED) is 0.729. The molecule has 0 aromatic carbocycles. The van der Waals surface area contributed by atoms with Crippen LogP contribution in [-0.2, 0) is 14.9 Å². The van der Waals surface area contributed by atoms with Crippen molar-refractivity contribution >= 4 is 10.2 Å². The smallest absolute Gasteiger partial charge is 0.282 e. The molecule has 0 N–H and O–H groups in total. The van der Waals surface area contributed by atoms with Gasteiger partial charge in [-0.2, -0.15) is 17.0 Å². The molecule has 0 aliphatic carbocycles. The fourth-order valence-electron chi connectivity index (χ4n) is 3.65. The Balaban J connectivity index is 1.90. The van der Waals surface area contributed by atoms with Crippen LogP contribution in [0.2, 0.25) is 0 Å². The maximum absolute atomic E-state index is 12.9. The van der Waals surface area contributed by atoms with Gasteiger partial charge in [0.15, 0.2) is 0 Å². The predicted octanol–water partition coefficient (Wildman–Crippen LogP) is 1.39. The minimum atomic E-state index is -3.34. The van der Waals surface area contributed by atoms with E-state index in [0.717, 1.165) is 32.5 Å². The summed E-state index contributed by atoms with van der Waals surface area (Å²) in [6, 6.07) is 0. The lowest BCUT2D eigenvalue weighted by Crippen LogP contribution is -2.54. The van der Waals surface area contributed by atoms with Gasteiger partial charge in [0.05, 0.1) is 12.2 Å². The van der Waals surface area contributed by atoms with E-state index in [2.05, 4.69) is 18.7 Å². The van der Waals surface area contributed by atoms with Gasteiger partial charge in [-0.3, -0.25) is 0 Å². The van der Waals surface area contributed by atoms with Gasteiger partial charge in [0.2, 0.25) is 0 Å². The fraction of sp³-hybridized carbons (Fsp3) is 1.00. The number of hydrogen-bond donors (Lipinski definition) is 0. The van der Waals surface area contributed by atoms with Crippen LogP contribution in [0.1, 0.15) is 40.5 Å². The summed E-state index contributed by atoms with van der Waals surface area (Å²) in [5.41, 5.74) is 0. The van der Waals surface area contributed by atoms with E-state index in [1.54, 1.807) is 8.61 Å². The van der Waals surface area contributed by atoms with Crippen LogP contribution in [0.25, 0.3) is 0 Å². The van der Waals surface area contributed by atoms with Gasteiger partial charge >= 0.3 is 0 Å². The second-order valence-corrected chi connectivity index (χ2v) is 8.84. The Morgan fingerprint density at radius 3 is 2.00 bits per heavy atom. The predicted molar refractivity (Wildman–Crippen MR) is 92.6 cm³/mol. The highest BCUT2D eigenvalue weighted by Gasteiger charge is 2.37. The van der Waals surface area contributed by atoms with Crippen molar-refractivity contribution in [2.24, 2.45) is 5.92 Å². The molecule has 0 radical (unpaired) electrons. The maximum atomic E-state index is 12.9. The Morgan fingerprint density at radius 1 is 1.00 bits per heavy atom. The zero-order chi connectivity index (χ0) is 17.0. The molecule has 0 unspecified atom stereocenters. The van der Waals surface area contributed by atoms with Gasteiger partial charge in [0.1, 0.15) is 0 Å². The topological polar surface area (TPSA) is 53.1 Å². The van der Waals surface area contributed by atoms with E-state index in [1.165, 1.54) is 0 Å². The lowest BCUT2D eigenvalue weighted by Gasteiger charge is -2.40. The van der Waals surface area contributed by atoms with Crippen LogP contribution < -0.4 is 0 Å². The summed E-state index contributed by atoms with van der Waals surface area (Å²) in [7, 11) is -3.34. The van der Waals surface area contributed by atoms with Gasteiger partial charge in [-0.25, -0.2) is 0 Å². The molecule has 2 fully saturated rings. The maximum Gasteiger partial charge on any atom is 0.282 e. The Labute approximate surface area is 141 Å². The van der Waals surface area contributed by atoms with E-state index in [9.17, 15) is 8.42 Å². The summed E-state index contributed by atoms with van der Waals surface area (Å²) in [6.45, 7) is 13.7. The molecular formula is C16H33N3O3S. The molecule has 136 valence electrons. The van der Waals surface area contributed by atoms with Crippen LogP contribution in [0, 0.1) is 5.92 Å². The molecule has 2 aliphatic rings. The highest BCUT2D eigenvalue weighted by molar-refractivity contribution is 7.86. The molecule has 23 heavy (non-hydrogen) atoms. The van der Waals surface area contributed by atoms with Crippen LogP contribution >= 0.6 is 0 Å². The second kappa shape index (κ2) is 8.25. The average molecular weight is 348 g/mol. The van der Waals surface area contributed by atoms with Gasteiger partial charge in [0.25, 0.3) is 10.2 Å². The Bertz CT molecular complexity index is 449. The molecular weight excluding hydrogens is 314 g/mol. The third-order valence-electron chi connectivity index (χ3n) is 5.02. The molecule has 2 heterocycles. The number of hydrogen-bond acceptors (Lipinski definition) is 4. The molecule has 0 saturated carbocycles. The molecule has 0 aromatic rings. The van der Waals surface area contributed by atoms with Gasteiger partial charge in [0, 0.05) is 32.7 Å². The van der Waals surface area contributed by atoms with E-state index in [4.69, 9.17) is 4.74 Å². The molecule has 0 amide bonds. The Kier molecular flexibility index (Phi) is 6.86. The standard InChI is InChI=1S/C16H33N3O3S/c1-5-17(6-2)13-16-7-9-18(10-8-16)23(20,21)19-11-14(3)22-15(4)12-19/h14-16H,5-13H2,1-4H3/t14-,15-/m0/s1. The zero-order valence-electron chi connectivity index (χ0n) is 15.1. The lowest BCUT2D eigenvalue weighted by atomic mass is 9.97. The van der Waals surface area contributed by atoms with Crippen molar-refractivity contribution in [3.8, 4) is 0 Å². The SMILES string of the molecule is CCN(CC)CC1CCN(S(=O)(=O)N2C[C@H](C)O[C@@H](C)C2)CC1. The molecule has 2 saturated heterocycles. The second-order valence-electron chi connectivity index (χ2n) is 6.91. The highest BCUT2D eigenvalue weighted by Crippen LogP contribution is 2.24. The first-order valence-electron chi connectivity index (χ1n) is 8.99. The summed E-state index contributed by atoms with van der Waals surface area (Å²) in [5.74, 6) is 0.615. The first-order valence-corrected chi connectivity index (χ1v) is 10.4. The van der Waals surface area contributed by atoms with Gasteiger partial charge in [-0.15, -0.1) is 0 Å². The Hall–Kier alpha value is -0.210. The van der Waals surface area contributed by atoms with Crippen molar-refractivity contribution in [3.63, 3.8) is 0 Å². The molecule has 0 aromatic heterocycles. The van der Waals surface area contributed by atoms with Crippen molar-refractivity contribution in [1.29, 1.82) is 0 Å². The fourth-order valence-corrected chi connectivity index (χ4v) is 5.45. The monoisotopic (exact) mass is 347 g/mol. The Morgan fingerprint density at radius 2 is 1.52 bits per heavy atom. The number of ether oxygens (including phenoxy) is 1. The van der Waals surface area contributed by atoms with Crippen LogP contribution in [0.4, 0.5) is 0 Å². The first kappa shape index (κ1) is 19.1. The molecule has 6 nitrogen and oxygen atoms in total. The lowest BCUT2D eigenvalue weighted by molar-refractivity contribution is -0.0457. The van der Waals surface area contributed by atoms with Gasteiger partial charge in [-0.05, 0) is 45.7 Å². The van der Waals surface area contributed by atoms with Crippen LogP contribution in [0.15, 0.2) is 0 Å². The van der Waals surface area contributed by atoms with Crippen molar-refractivity contribution in [2.45, 2.75) is 52.7 Å². The average Bonchev–Trinajstić information content (AvgIpc) is 2.52. The van der Waals surface area contributed by atoms with E-state index in [0.29, 0.717) is 32.1 Å². The molecule has 0 spiro atoms. The highest BCUT2D eigenvalue weighted by atomic mass is 32.2. The third kappa shape index (κ3) is 4.89. The summed E-state index contributed by atoms with van der Waals surface area (Å²) in [5, 5.41) is 0. The minimum Gasteiger partial charge on any atom is -0.373 e. The normalized spacial score (nSPS) is 29.3. The molecule has 0 bridgehead atoms. The number of piperidine rings is 1. The van der Waals surface area contributed by atoms with Crippen molar-refractivity contribution in [2.75, 3.05) is 45.8 Å². The van der Waals surface area contributed by atoms with Crippen molar-refractivity contribution in [3.05, 3.63) is 0 Å². The molecule has 2 rings (SSSR count).